The Morgan fingerprint density at radius 3 is 2.91 bits per heavy atom. The molecule has 1 aliphatic rings. The Bertz CT molecular complexity index is 690. The van der Waals surface area contributed by atoms with E-state index >= 15 is 0 Å². The second-order valence-electron chi connectivity index (χ2n) is 5.79. The summed E-state index contributed by atoms with van der Waals surface area (Å²) in [5, 5.41) is 3.76. The van der Waals surface area contributed by atoms with Gasteiger partial charge in [-0.05, 0) is 37.3 Å². The van der Waals surface area contributed by atoms with Crippen molar-refractivity contribution < 1.29 is 9.13 Å². The Labute approximate surface area is 140 Å². The SMILES string of the molecule is Cc1ccc(NCC2CCOCC2)nc1-c1cc(F)ncc1Cl. The third kappa shape index (κ3) is 3.98. The number of rotatable bonds is 4. The van der Waals surface area contributed by atoms with Crippen LogP contribution < -0.4 is 5.32 Å². The Morgan fingerprint density at radius 2 is 2.13 bits per heavy atom. The summed E-state index contributed by atoms with van der Waals surface area (Å²) in [6, 6.07) is 5.22. The van der Waals surface area contributed by atoms with Gasteiger partial charge in [0, 0.05) is 37.6 Å². The van der Waals surface area contributed by atoms with Gasteiger partial charge in [0.15, 0.2) is 0 Å². The standard InChI is InChI=1S/C17H19ClFN3O/c1-11-2-3-16(21-9-12-4-6-23-7-5-12)22-17(11)13-8-15(19)20-10-14(13)18/h2-3,8,10,12H,4-7,9H2,1H3,(H,21,22). The molecule has 0 bridgehead atoms. The van der Waals surface area contributed by atoms with Gasteiger partial charge in [0.1, 0.15) is 5.82 Å². The fraction of sp³-hybridized carbons (Fsp3) is 0.412. The molecule has 0 amide bonds. The molecule has 2 aromatic heterocycles. The molecule has 0 unspecified atom stereocenters. The molecule has 1 aliphatic heterocycles. The molecule has 3 heterocycles. The van der Waals surface area contributed by atoms with Crippen LogP contribution in [0.3, 0.4) is 0 Å². The van der Waals surface area contributed by atoms with Gasteiger partial charge in [0.25, 0.3) is 0 Å². The predicted molar refractivity (Wildman–Crippen MR) is 89.2 cm³/mol. The van der Waals surface area contributed by atoms with Crippen molar-refractivity contribution in [2.75, 3.05) is 25.1 Å². The number of pyridine rings is 2. The molecule has 0 aliphatic carbocycles. The van der Waals surface area contributed by atoms with Crippen LogP contribution in [0.5, 0.6) is 0 Å². The zero-order chi connectivity index (χ0) is 16.2. The average molecular weight is 336 g/mol. The molecule has 3 rings (SSSR count). The highest BCUT2D eigenvalue weighted by Gasteiger charge is 2.15. The maximum atomic E-state index is 13.4. The molecule has 2 aromatic rings. The van der Waals surface area contributed by atoms with Crippen molar-refractivity contribution in [3.63, 3.8) is 0 Å². The summed E-state index contributed by atoms with van der Waals surface area (Å²) in [6.07, 6.45) is 3.44. The monoisotopic (exact) mass is 335 g/mol. The first-order valence-corrected chi connectivity index (χ1v) is 8.12. The highest BCUT2D eigenvalue weighted by atomic mass is 35.5. The lowest BCUT2D eigenvalue weighted by molar-refractivity contribution is 0.0699. The fourth-order valence-corrected chi connectivity index (χ4v) is 2.89. The maximum Gasteiger partial charge on any atom is 0.213 e. The summed E-state index contributed by atoms with van der Waals surface area (Å²) in [5.74, 6) is 0.800. The first kappa shape index (κ1) is 16.1. The van der Waals surface area contributed by atoms with Crippen molar-refractivity contribution in [3.8, 4) is 11.3 Å². The van der Waals surface area contributed by atoms with Crippen molar-refractivity contribution in [1.82, 2.24) is 9.97 Å². The van der Waals surface area contributed by atoms with E-state index in [1.165, 1.54) is 12.3 Å². The molecule has 4 nitrogen and oxygen atoms in total. The van der Waals surface area contributed by atoms with Gasteiger partial charge in [-0.15, -0.1) is 0 Å². The van der Waals surface area contributed by atoms with E-state index in [1.54, 1.807) is 0 Å². The molecule has 0 aromatic carbocycles. The van der Waals surface area contributed by atoms with Crippen LogP contribution in [-0.4, -0.2) is 29.7 Å². The van der Waals surface area contributed by atoms with Crippen LogP contribution in [0, 0.1) is 18.8 Å². The first-order chi connectivity index (χ1) is 11.1. The number of hydrogen-bond donors (Lipinski definition) is 1. The number of aryl methyl sites for hydroxylation is 1. The second kappa shape index (κ2) is 7.23. The van der Waals surface area contributed by atoms with Crippen molar-refractivity contribution in [2.45, 2.75) is 19.8 Å². The molecule has 23 heavy (non-hydrogen) atoms. The van der Waals surface area contributed by atoms with Crippen LogP contribution in [0.15, 0.2) is 24.4 Å². The fourth-order valence-electron chi connectivity index (χ4n) is 2.69. The van der Waals surface area contributed by atoms with E-state index < -0.39 is 5.95 Å². The largest absolute Gasteiger partial charge is 0.381 e. The molecular formula is C17H19ClFN3O. The van der Waals surface area contributed by atoms with Gasteiger partial charge in [-0.1, -0.05) is 17.7 Å². The summed E-state index contributed by atoms with van der Waals surface area (Å²) in [6.45, 7) is 4.44. The van der Waals surface area contributed by atoms with Crippen LogP contribution >= 0.6 is 11.6 Å². The zero-order valence-corrected chi connectivity index (χ0v) is 13.7. The molecule has 0 spiro atoms. The zero-order valence-electron chi connectivity index (χ0n) is 13.0. The number of halogens is 2. The van der Waals surface area contributed by atoms with E-state index in [2.05, 4.69) is 15.3 Å². The van der Waals surface area contributed by atoms with Crippen LogP contribution in [0.2, 0.25) is 5.02 Å². The normalized spacial score (nSPS) is 15.6. The van der Waals surface area contributed by atoms with Crippen molar-refractivity contribution in [3.05, 3.63) is 40.9 Å². The van der Waals surface area contributed by atoms with Gasteiger partial charge in [-0.25, -0.2) is 9.97 Å². The Kier molecular flexibility index (Phi) is 5.08. The summed E-state index contributed by atoms with van der Waals surface area (Å²) >= 11 is 6.15. The van der Waals surface area contributed by atoms with Crippen LogP contribution in [-0.2, 0) is 4.74 Å². The molecule has 1 saturated heterocycles. The first-order valence-electron chi connectivity index (χ1n) is 7.74. The predicted octanol–water partition coefficient (Wildman–Crippen LogP) is 4.08. The van der Waals surface area contributed by atoms with E-state index in [0.29, 0.717) is 22.2 Å². The number of hydrogen-bond acceptors (Lipinski definition) is 4. The lowest BCUT2D eigenvalue weighted by Gasteiger charge is -2.22. The van der Waals surface area contributed by atoms with Gasteiger partial charge in [-0.2, -0.15) is 4.39 Å². The number of nitrogens with one attached hydrogen (secondary N) is 1. The molecular weight excluding hydrogens is 317 g/mol. The Hall–Kier alpha value is -1.72. The minimum Gasteiger partial charge on any atom is -0.381 e. The summed E-state index contributed by atoms with van der Waals surface area (Å²) in [7, 11) is 0. The van der Waals surface area contributed by atoms with Crippen LogP contribution in [0.1, 0.15) is 18.4 Å². The molecule has 0 radical (unpaired) electrons. The van der Waals surface area contributed by atoms with E-state index in [9.17, 15) is 4.39 Å². The highest BCUT2D eigenvalue weighted by Crippen LogP contribution is 2.29. The molecule has 122 valence electrons. The number of aromatic nitrogens is 2. The minimum atomic E-state index is -0.564. The Balaban J connectivity index is 1.80. The highest BCUT2D eigenvalue weighted by molar-refractivity contribution is 6.33. The van der Waals surface area contributed by atoms with Crippen LogP contribution in [0.25, 0.3) is 11.3 Å². The van der Waals surface area contributed by atoms with Crippen molar-refractivity contribution in [2.24, 2.45) is 5.92 Å². The molecule has 0 saturated carbocycles. The van der Waals surface area contributed by atoms with Crippen LogP contribution in [0.4, 0.5) is 10.2 Å². The maximum absolute atomic E-state index is 13.4. The lowest BCUT2D eigenvalue weighted by Crippen LogP contribution is -2.23. The third-order valence-corrected chi connectivity index (χ3v) is 4.39. The molecule has 6 heteroatoms. The average Bonchev–Trinajstić information content (AvgIpc) is 2.57. The van der Waals surface area contributed by atoms with E-state index in [1.807, 2.05) is 19.1 Å². The van der Waals surface area contributed by atoms with Gasteiger partial charge >= 0.3 is 0 Å². The van der Waals surface area contributed by atoms with Gasteiger partial charge < -0.3 is 10.1 Å². The van der Waals surface area contributed by atoms with Gasteiger partial charge in [0.05, 0.1) is 10.7 Å². The second-order valence-corrected chi connectivity index (χ2v) is 6.19. The quantitative estimate of drug-likeness (QED) is 0.855. The van der Waals surface area contributed by atoms with Gasteiger partial charge in [0.2, 0.25) is 5.95 Å². The lowest BCUT2D eigenvalue weighted by atomic mass is 10.0. The molecule has 1 N–H and O–H groups in total. The Morgan fingerprint density at radius 1 is 1.35 bits per heavy atom. The van der Waals surface area contributed by atoms with Crippen molar-refractivity contribution in [1.29, 1.82) is 0 Å². The topological polar surface area (TPSA) is 47.0 Å². The van der Waals surface area contributed by atoms with E-state index in [0.717, 1.165) is 44.0 Å². The van der Waals surface area contributed by atoms with E-state index in [-0.39, 0.29) is 0 Å². The summed E-state index contributed by atoms with van der Waals surface area (Å²) < 4.78 is 18.8. The number of ether oxygens (including phenoxy) is 1. The molecule has 1 fully saturated rings. The third-order valence-electron chi connectivity index (χ3n) is 4.09. The van der Waals surface area contributed by atoms with Gasteiger partial charge in [-0.3, -0.25) is 0 Å². The smallest absolute Gasteiger partial charge is 0.213 e. The van der Waals surface area contributed by atoms with Crippen molar-refractivity contribution >= 4 is 17.4 Å². The summed E-state index contributed by atoms with van der Waals surface area (Å²) in [5.41, 5.74) is 2.17. The molecule has 0 atom stereocenters. The number of anilines is 1. The van der Waals surface area contributed by atoms with E-state index in [4.69, 9.17) is 16.3 Å². The minimum absolute atomic E-state index is 0.392. The number of nitrogens with zero attached hydrogens (tertiary/aromatic N) is 2. The summed E-state index contributed by atoms with van der Waals surface area (Å²) in [4.78, 5) is 8.17.